The Morgan fingerprint density at radius 2 is 2.08 bits per heavy atom. The van der Waals surface area contributed by atoms with Crippen LogP contribution in [0.4, 0.5) is 10.5 Å². The molecule has 3 rings (SSSR count). The van der Waals surface area contributed by atoms with Crippen LogP contribution in [0.25, 0.3) is 0 Å². The molecule has 0 bridgehead atoms. The Morgan fingerprint density at radius 3 is 2.80 bits per heavy atom. The number of urea groups is 1. The number of aromatic nitrogens is 2. The van der Waals surface area contributed by atoms with Gasteiger partial charge in [0.25, 0.3) is 0 Å². The van der Waals surface area contributed by atoms with Gasteiger partial charge in [0, 0.05) is 37.0 Å². The molecule has 0 spiro atoms. The van der Waals surface area contributed by atoms with E-state index in [0.29, 0.717) is 36.2 Å². The molecular weight excluding hydrogens is 324 g/mol. The fourth-order valence-corrected chi connectivity index (χ4v) is 2.65. The summed E-state index contributed by atoms with van der Waals surface area (Å²) in [6, 6.07) is 8.57. The van der Waals surface area contributed by atoms with Gasteiger partial charge in [-0.1, -0.05) is 0 Å². The molecule has 2 heterocycles. The van der Waals surface area contributed by atoms with Gasteiger partial charge in [0.1, 0.15) is 6.10 Å². The highest BCUT2D eigenvalue weighted by Crippen LogP contribution is 2.30. The van der Waals surface area contributed by atoms with Crippen LogP contribution in [0.5, 0.6) is 17.4 Å². The molecule has 1 saturated heterocycles. The van der Waals surface area contributed by atoms with Crippen molar-refractivity contribution in [3.63, 3.8) is 0 Å². The molecule has 0 radical (unpaired) electrons. The summed E-state index contributed by atoms with van der Waals surface area (Å²) in [4.78, 5) is 14.1. The third-order valence-corrected chi connectivity index (χ3v) is 3.90. The minimum atomic E-state index is -0.183. The summed E-state index contributed by atoms with van der Waals surface area (Å²) in [5.74, 6) is 1.64. The second-order valence-corrected chi connectivity index (χ2v) is 5.54. The molecule has 1 fully saturated rings. The van der Waals surface area contributed by atoms with Crippen LogP contribution in [0.15, 0.2) is 36.5 Å². The average Bonchev–Trinajstić information content (AvgIpc) is 3.11. The SMILES string of the molecule is COc1ccc(NC(=O)N2CCC(Oc3cccnn3)C2)cc1OC. The lowest BCUT2D eigenvalue weighted by Crippen LogP contribution is -2.34. The molecule has 8 heteroatoms. The van der Waals surface area contributed by atoms with Gasteiger partial charge in [-0.15, -0.1) is 5.10 Å². The summed E-state index contributed by atoms with van der Waals surface area (Å²) in [5.41, 5.74) is 0.640. The largest absolute Gasteiger partial charge is 0.493 e. The van der Waals surface area contributed by atoms with Crippen LogP contribution in [0.2, 0.25) is 0 Å². The van der Waals surface area contributed by atoms with E-state index in [4.69, 9.17) is 14.2 Å². The lowest BCUT2D eigenvalue weighted by Gasteiger charge is -2.18. The fourth-order valence-electron chi connectivity index (χ4n) is 2.65. The zero-order valence-electron chi connectivity index (χ0n) is 14.1. The topological polar surface area (TPSA) is 85.8 Å². The number of carbonyl (C=O) groups excluding carboxylic acids is 1. The number of nitrogens with one attached hydrogen (secondary N) is 1. The summed E-state index contributed by atoms with van der Waals surface area (Å²) in [6.07, 6.45) is 2.24. The molecule has 0 aliphatic carbocycles. The normalized spacial score (nSPS) is 16.4. The molecule has 132 valence electrons. The van der Waals surface area contributed by atoms with Crippen molar-refractivity contribution in [3.8, 4) is 17.4 Å². The lowest BCUT2D eigenvalue weighted by molar-refractivity contribution is 0.188. The number of hydrogen-bond donors (Lipinski definition) is 1. The predicted octanol–water partition coefficient (Wildman–Crippen LogP) is 2.18. The van der Waals surface area contributed by atoms with E-state index in [2.05, 4.69) is 15.5 Å². The average molecular weight is 344 g/mol. The monoisotopic (exact) mass is 344 g/mol. The maximum Gasteiger partial charge on any atom is 0.321 e. The minimum absolute atomic E-state index is 0.0900. The number of likely N-dealkylation sites (tertiary alicyclic amines) is 1. The predicted molar refractivity (Wildman–Crippen MR) is 91.2 cm³/mol. The first-order chi connectivity index (χ1) is 12.2. The van der Waals surface area contributed by atoms with E-state index in [1.54, 1.807) is 55.6 Å². The van der Waals surface area contributed by atoms with Crippen LogP contribution in [-0.4, -0.2) is 54.5 Å². The summed E-state index contributed by atoms with van der Waals surface area (Å²) in [5, 5.41) is 10.5. The molecule has 0 saturated carbocycles. The van der Waals surface area contributed by atoms with Gasteiger partial charge < -0.3 is 24.4 Å². The zero-order chi connectivity index (χ0) is 17.6. The standard InChI is InChI=1S/C17H20N4O4/c1-23-14-6-5-12(10-15(14)24-2)19-17(22)21-9-7-13(11-21)25-16-4-3-8-18-20-16/h3-6,8,10,13H,7,9,11H2,1-2H3,(H,19,22). The molecule has 1 aliphatic heterocycles. The summed E-state index contributed by atoms with van der Waals surface area (Å²) < 4.78 is 16.2. The van der Waals surface area contributed by atoms with Crippen molar-refractivity contribution in [3.05, 3.63) is 36.5 Å². The maximum absolute atomic E-state index is 12.4. The summed E-state index contributed by atoms with van der Waals surface area (Å²) >= 11 is 0. The number of benzene rings is 1. The second-order valence-electron chi connectivity index (χ2n) is 5.54. The number of carbonyl (C=O) groups is 1. The highest BCUT2D eigenvalue weighted by Gasteiger charge is 2.28. The van der Waals surface area contributed by atoms with Gasteiger partial charge in [0.2, 0.25) is 5.88 Å². The van der Waals surface area contributed by atoms with Crippen molar-refractivity contribution >= 4 is 11.7 Å². The highest BCUT2D eigenvalue weighted by atomic mass is 16.5. The number of nitrogens with zero attached hydrogens (tertiary/aromatic N) is 3. The van der Waals surface area contributed by atoms with Gasteiger partial charge in [-0.05, 0) is 18.2 Å². The van der Waals surface area contributed by atoms with E-state index in [1.165, 1.54) is 0 Å². The van der Waals surface area contributed by atoms with E-state index >= 15 is 0 Å². The van der Waals surface area contributed by atoms with Crippen molar-refractivity contribution in [1.29, 1.82) is 0 Å². The zero-order valence-corrected chi connectivity index (χ0v) is 14.1. The van der Waals surface area contributed by atoms with Crippen LogP contribution in [-0.2, 0) is 0 Å². The molecule has 1 N–H and O–H groups in total. The van der Waals surface area contributed by atoms with Crippen molar-refractivity contribution in [2.75, 3.05) is 32.6 Å². The Bertz CT molecular complexity index is 726. The van der Waals surface area contributed by atoms with Gasteiger partial charge in [0.15, 0.2) is 11.5 Å². The van der Waals surface area contributed by atoms with Crippen molar-refractivity contribution < 1.29 is 19.0 Å². The Morgan fingerprint density at radius 1 is 1.24 bits per heavy atom. The summed E-state index contributed by atoms with van der Waals surface area (Å²) in [7, 11) is 3.12. The number of methoxy groups -OCH3 is 2. The maximum atomic E-state index is 12.4. The van der Waals surface area contributed by atoms with E-state index in [9.17, 15) is 4.79 Å². The minimum Gasteiger partial charge on any atom is -0.493 e. The lowest BCUT2D eigenvalue weighted by atomic mass is 10.3. The molecular formula is C17H20N4O4. The highest BCUT2D eigenvalue weighted by molar-refractivity contribution is 5.90. The van der Waals surface area contributed by atoms with Gasteiger partial charge in [-0.2, -0.15) is 5.10 Å². The molecule has 1 aliphatic rings. The number of amides is 2. The quantitative estimate of drug-likeness (QED) is 0.895. The molecule has 25 heavy (non-hydrogen) atoms. The second kappa shape index (κ2) is 7.69. The molecule has 1 unspecified atom stereocenters. The number of anilines is 1. The van der Waals surface area contributed by atoms with Crippen LogP contribution < -0.4 is 19.5 Å². The van der Waals surface area contributed by atoms with Crippen LogP contribution in [0, 0.1) is 0 Å². The molecule has 1 aromatic carbocycles. The van der Waals surface area contributed by atoms with Gasteiger partial charge in [-0.3, -0.25) is 0 Å². The van der Waals surface area contributed by atoms with E-state index in [1.807, 2.05) is 0 Å². The molecule has 2 amide bonds. The van der Waals surface area contributed by atoms with E-state index in [-0.39, 0.29) is 12.1 Å². The Hall–Kier alpha value is -3.03. The number of hydrogen-bond acceptors (Lipinski definition) is 6. The van der Waals surface area contributed by atoms with Gasteiger partial charge >= 0.3 is 6.03 Å². The van der Waals surface area contributed by atoms with Crippen molar-refractivity contribution in [2.24, 2.45) is 0 Å². The molecule has 2 aromatic rings. The fraction of sp³-hybridized carbons (Fsp3) is 0.353. The van der Waals surface area contributed by atoms with Gasteiger partial charge in [-0.25, -0.2) is 4.79 Å². The van der Waals surface area contributed by atoms with Crippen LogP contribution in [0.3, 0.4) is 0 Å². The van der Waals surface area contributed by atoms with Crippen molar-refractivity contribution in [1.82, 2.24) is 15.1 Å². The van der Waals surface area contributed by atoms with E-state index < -0.39 is 0 Å². The third kappa shape index (κ3) is 4.09. The molecule has 1 atom stereocenters. The third-order valence-electron chi connectivity index (χ3n) is 3.90. The van der Waals surface area contributed by atoms with Crippen LogP contribution in [0.1, 0.15) is 6.42 Å². The first-order valence-electron chi connectivity index (χ1n) is 7.92. The first-order valence-corrected chi connectivity index (χ1v) is 7.92. The van der Waals surface area contributed by atoms with E-state index in [0.717, 1.165) is 6.42 Å². The summed E-state index contributed by atoms with van der Waals surface area (Å²) in [6.45, 7) is 1.11. The Kier molecular flexibility index (Phi) is 5.17. The smallest absolute Gasteiger partial charge is 0.321 e. The van der Waals surface area contributed by atoms with Crippen molar-refractivity contribution in [2.45, 2.75) is 12.5 Å². The number of ether oxygens (including phenoxy) is 3. The van der Waals surface area contributed by atoms with Gasteiger partial charge in [0.05, 0.1) is 20.8 Å². The Labute approximate surface area is 145 Å². The first kappa shape index (κ1) is 16.8. The molecule has 8 nitrogen and oxygen atoms in total. The number of rotatable bonds is 5. The Balaban J connectivity index is 1.57. The molecule has 1 aromatic heterocycles. The van der Waals surface area contributed by atoms with Crippen LogP contribution >= 0.6 is 0 Å².